The van der Waals surface area contributed by atoms with Crippen LogP contribution in [0, 0.1) is 0 Å². The zero-order chi connectivity index (χ0) is 15.1. The number of thiazole rings is 1. The van der Waals surface area contributed by atoms with Crippen LogP contribution in [0.1, 0.15) is 35.5 Å². The predicted molar refractivity (Wildman–Crippen MR) is 84.6 cm³/mol. The van der Waals surface area contributed by atoms with E-state index in [1.54, 1.807) is 5.38 Å². The summed E-state index contributed by atoms with van der Waals surface area (Å²) in [6.45, 7) is 3.16. The van der Waals surface area contributed by atoms with E-state index in [9.17, 15) is 9.90 Å². The fourth-order valence-corrected chi connectivity index (χ4v) is 2.63. The molecule has 1 aromatic carbocycles. The van der Waals surface area contributed by atoms with Crippen LogP contribution in [0.25, 0.3) is 0 Å². The predicted octanol–water partition coefficient (Wildman–Crippen LogP) is 2.43. The molecule has 1 amide bonds. The number of nitrogens with zero attached hydrogens (tertiary/aromatic N) is 1. The van der Waals surface area contributed by atoms with Gasteiger partial charge in [-0.25, -0.2) is 4.98 Å². The van der Waals surface area contributed by atoms with Gasteiger partial charge < -0.3 is 15.7 Å². The number of hydrogen-bond donors (Lipinski definition) is 3. The summed E-state index contributed by atoms with van der Waals surface area (Å²) < 4.78 is 0. The maximum atomic E-state index is 11.9. The van der Waals surface area contributed by atoms with Crippen molar-refractivity contribution in [2.75, 3.05) is 18.4 Å². The lowest BCUT2D eigenvalue weighted by Crippen LogP contribution is -2.26. The summed E-state index contributed by atoms with van der Waals surface area (Å²) in [4.78, 5) is 16.1. The molecule has 6 heteroatoms. The topological polar surface area (TPSA) is 74.2 Å². The molecule has 0 radical (unpaired) electrons. The SMILES string of the molecule is CCNc1nc(C(=O)NCCC(O)c2ccccc2)cs1. The number of amides is 1. The van der Waals surface area contributed by atoms with Crippen LogP contribution in [0.5, 0.6) is 0 Å². The third kappa shape index (κ3) is 4.54. The van der Waals surface area contributed by atoms with E-state index in [-0.39, 0.29) is 5.91 Å². The quantitative estimate of drug-likeness (QED) is 0.734. The highest BCUT2D eigenvalue weighted by Gasteiger charge is 2.11. The fourth-order valence-electron chi connectivity index (χ4n) is 1.87. The van der Waals surface area contributed by atoms with Gasteiger partial charge in [-0.3, -0.25) is 4.79 Å². The van der Waals surface area contributed by atoms with Gasteiger partial charge in [0.25, 0.3) is 5.91 Å². The highest BCUT2D eigenvalue weighted by atomic mass is 32.1. The van der Waals surface area contributed by atoms with Gasteiger partial charge in [-0.05, 0) is 18.9 Å². The first kappa shape index (κ1) is 15.5. The molecule has 2 rings (SSSR count). The number of carbonyl (C=O) groups excluding carboxylic acids is 1. The van der Waals surface area contributed by atoms with Gasteiger partial charge in [-0.2, -0.15) is 0 Å². The third-order valence-corrected chi connectivity index (χ3v) is 3.75. The Hall–Kier alpha value is -1.92. The summed E-state index contributed by atoms with van der Waals surface area (Å²) >= 11 is 1.41. The van der Waals surface area contributed by atoms with E-state index < -0.39 is 6.10 Å². The number of aliphatic hydroxyl groups excluding tert-OH is 1. The van der Waals surface area contributed by atoms with Crippen molar-refractivity contribution in [1.29, 1.82) is 0 Å². The molecule has 0 spiro atoms. The number of aliphatic hydroxyl groups is 1. The highest BCUT2D eigenvalue weighted by molar-refractivity contribution is 7.13. The van der Waals surface area contributed by atoms with Gasteiger partial charge in [0.2, 0.25) is 0 Å². The van der Waals surface area contributed by atoms with Crippen LogP contribution in [0.3, 0.4) is 0 Å². The lowest BCUT2D eigenvalue weighted by atomic mass is 10.1. The molecule has 112 valence electrons. The van der Waals surface area contributed by atoms with Gasteiger partial charge in [0.1, 0.15) is 5.69 Å². The lowest BCUT2D eigenvalue weighted by Gasteiger charge is -2.11. The van der Waals surface area contributed by atoms with Crippen LogP contribution < -0.4 is 10.6 Å². The van der Waals surface area contributed by atoms with Gasteiger partial charge in [0.05, 0.1) is 6.10 Å². The molecule has 0 aliphatic carbocycles. The number of anilines is 1. The van der Waals surface area contributed by atoms with Crippen molar-refractivity contribution in [2.45, 2.75) is 19.4 Å². The van der Waals surface area contributed by atoms with Crippen LogP contribution in [0.4, 0.5) is 5.13 Å². The molecule has 1 atom stereocenters. The van der Waals surface area contributed by atoms with Crippen molar-refractivity contribution in [3.8, 4) is 0 Å². The van der Waals surface area contributed by atoms with Crippen molar-refractivity contribution in [2.24, 2.45) is 0 Å². The number of hydrogen-bond acceptors (Lipinski definition) is 5. The Morgan fingerprint density at radius 2 is 2.14 bits per heavy atom. The minimum absolute atomic E-state index is 0.212. The van der Waals surface area contributed by atoms with Crippen molar-refractivity contribution >= 4 is 22.4 Å². The molecule has 1 unspecified atom stereocenters. The number of carbonyl (C=O) groups is 1. The van der Waals surface area contributed by atoms with Gasteiger partial charge >= 0.3 is 0 Å². The molecule has 3 N–H and O–H groups in total. The number of benzene rings is 1. The number of rotatable bonds is 7. The molecule has 2 aromatic rings. The summed E-state index contributed by atoms with van der Waals surface area (Å²) in [6.07, 6.45) is -0.0980. The largest absolute Gasteiger partial charge is 0.388 e. The normalized spacial score (nSPS) is 11.9. The van der Waals surface area contributed by atoms with Crippen LogP contribution in [-0.4, -0.2) is 29.1 Å². The molecule has 1 heterocycles. The maximum absolute atomic E-state index is 11.9. The molecule has 0 fully saturated rings. The summed E-state index contributed by atoms with van der Waals surface area (Å²) in [5, 5.41) is 18.3. The van der Waals surface area contributed by atoms with Crippen molar-refractivity contribution in [3.05, 3.63) is 47.0 Å². The lowest BCUT2D eigenvalue weighted by molar-refractivity contribution is 0.0938. The minimum atomic E-state index is -0.570. The number of nitrogens with one attached hydrogen (secondary N) is 2. The smallest absolute Gasteiger partial charge is 0.270 e. The molecule has 0 bridgehead atoms. The van der Waals surface area contributed by atoms with E-state index in [0.29, 0.717) is 18.7 Å². The monoisotopic (exact) mass is 305 g/mol. The molecule has 1 aromatic heterocycles. The Balaban J connectivity index is 1.78. The molecule has 0 aliphatic heterocycles. The van der Waals surface area contributed by atoms with Crippen molar-refractivity contribution in [3.63, 3.8) is 0 Å². The van der Waals surface area contributed by atoms with E-state index in [1.165, 1.54) is 11.3 Å². The average molecular weight is 305 g/mol. The summed E-state index contributed by atoms with van der Waals surface area (Å²) in [5.74, 6) is -0.212. The Morgan fingerprint density at radius 3 is 2.86 bits per heavy atom. The Morgan fingerprint density at radius 1 is 1.38 bits per heavy atom. The van der Waals surface area contributed by atoms with E-state index in [0.717, 1.165) is 17.2 Å². The first-order valence-electron chi connectivity index (χ1n) is 6.91. The second-order valence-electron chi connectivity index (χ2n) is 4.54. The molecule has 21 heavy (non-hydrogen) atoms. The van der Waals surface area contributed by atoms with E-state index in [4.69, 9.17) is 0 Å². The van der Waals surface area contributed by atoms with Crippen molar-refractivity contribution < 1.29 is 9.90 Å². The summed E-state index contributed by atoms with van der Waals surface area (Å²) in [5.41, 5.74) is 1.26. The van der Waals surface area contributed by atoms with Gasteiger partial charge in [0, 0.05) is 18.5 Å². The van der Waals surface area contributed by atoms with Crippen LogP contribution >= 0.6 is 11.3 Å². The van der Waals surface area contributed by atoms with Crippen LogP contribution in [-0.2, 0) is 0 Å². The third-order valence-electron chi connectivity index (χ3n) is 2.95. The zero-order valence-corrected chi connectivity index (χ0v) is 12.7. The second kappa shape index (κ2) is 7.75. The molecule has 0 saturated carbocycles. The van der Waals surface area contributed by atoms with Gasteiger partial charge in [-0.15, -0.1) is 11.3 Å². The van der Waals surface area contributed by atoms with E-state index in [1.807, 2.05) is 37.3 Å². The standard InChI is InChI=1S/C15H19N3O2S/c1-2-16-15-18-12(10-21-15)14(20)17-9-8-13(19)11-6-4-3-5-7-11/h3-7,10,13,19H,2,8-9H2,1H3,(H,16,18)(H,17,20). The average Bonchev–Trinajstić information content (AvgIpc) is 2.97. The fraction of sp³-hybridized carbons (Fsp3) is 0.333. The van der Waals surface area contributed by atoms with Crippen molar-refractivity contribution in [1.82, 2.24) is 10.3 Å². The van der Waals surface area contributed by atoms with Crippen LogP contribution in [0.2, 0.25) is 0 Å². The summed E-state index contributed by atoms with van der Waals surface area (Å²) in [6, 6.07) is 9.41. The molecule has 0 aliphatic rings. The first-order valence-corrected chi connectivity index (χ1v) is 7.79. The van der Waals surface area contributed by atoms with Gasteiger partial charge in [-0.1, -0.05) is 30.3 Å². The Bertz CT molecular complexity index is 571. The first-order chi connectivity index (χ1) is 10.2. The molecular weight excluding hydrogens is 286 g/mol. The molecular formula is C15H19N3O2S. The van der Waals surface area contributed by atoms with Crippen LogP contribution in [0.15, 0.2) is 35.7 Å². The van der Waals surface area contributed by atoms with E-state index in [2.05, 4.69) is 15.6 Å². The van der Waals surface area contributed by atoms with Gasteiger partial charge in [0.15, 0.2) is 5.13 Å². The maximum Gasteiger partial charge on any atom is 0.270 e. The zero-order valence-electron chi connectivity index (χ0n) is 11.9. The second-order valence-corrected chi connectivity index (χ2v) is 5.40. The number of aromatic nitrogens is 1. The Kier molecular flexibility index (Phi) is 5.71. The minimum Gasteiger partial charge on any atom is -0.388 e. The molecule has 0 saturated heterocycles. The van der Waals surface area contributed by atoms with E-state index >= 15 is 0 Å². The summed E-state index contributed by atoms with van der Waals surface area (Å²) in [7, 11) is 0. The highest BCUT2D eigenvalue weighted by Crippen LogP contribution is 2.16. The molecule has 5 nitrogen and oxygen atoms in total. The Labute approximate surface area is 128 Å².